The molecule has 0 spiro atoms. The van der Waals surface area contributed by atoms with Gasteiger partial charge in [0.05, 0.1) is 24.0 Å². The minimum absolute atomic E-state index is 0.543. The van der Waals surface area contributed by atoms with Gasteiger partial charge in [0, 0.05) is 49.0 Å². The van der Waals surface area contributed by atoms with E-state index in [1.54, 1.807) is 12.4 Å². The Bertz CT molecular complexity index is 1140. The van der Waals surface area contributed by atoms with Crippen molar-refractivity contribution in [1.82, 2.24) is 29.1 Å². The lowest BCUT2D eigenvalue weighted by molar-refractivity contribution is 0.602. The number of nitrogens with zero attached hydrogens (tertiary/aromatic N) is 6. The second-order valence-electron chi connectivity index (χ2n) is 8.86. The van der Waals surface area contributed by atoms with Crippen LogP contribution in [0, 0.1) is 13.8 Å². The maximum atomic E-state index is 5.92. The first kappa shape index (κ1) is 27.8. The number of aryl methyl sites for hydroxylation is 4. The van der Waals surface area contributed by atoms with Crippen LogP contribution in [0.4, 0.5) is 0 Å². The maximum Gasteiger partial charge on any atom is 0.131 e. The van der Waals surface area contributed by atoms with Crippen molar-refractivity contribution >= 4 is 23.2 Å². The third-order valence-corrected chi connectivity index (χ3v) is 6.57. The second kappa shape index (κ2) is 14.1. The first-order chi connectivity index (χ1) is 17.4. The fourth-order valence-electron chi connectivity index (χ4n) is 3.64. The van der Waals surface area contributed by atoms with E-state index < -0.39 is 0 Å². The van der Waals surface area contributed by atoms with E-state index in [9.17, 15) is 0 Å². The van der Waals surface area contributed by atoms with E-state index >= 15 is 0 Å². The molecular formula is C27H35Cl2N7. The summed E-state index contributed by atoms with van der Waals surface area (Å²) in [4.78, 5) is 17.1. The van der Waals surface area contributed by atoms with Gasteiger partial charge < -0.3 is 14.9 Å². The van der Waals surface area contributed by atoms with Gasteiger partial charge in [-0.3, -0.25) is 0 Å². The molecule has 0 atom stereocenters. The number of hydrogen-bond acceptors (Lipinski definition) is 5. The van der Waals surface area contributed by atoms with Gasteiger partial charge in [0.2, 0.25) is 0 Å². The van der Waals surface area contributed by atoms with Crippen LogP contribution in [0.2, 0.25) is 10.3 Å². The van der Waals surface area contributed by atoms with E-state index in [1.807, 2.05) is 44.8 Å². The Labute approximate surface area is 223 Å². The Kier molecular flexibility index (Phi) is 10.9. The zero-order valence-corrected chi connectivity index (χ0v) is 22.8. The quantitative estimate of drug-likeness (QED) is 0.182. The zero-order chi connectivity index (χ0) is 25.9. The molecular weight excluding hydrogens is 493 g/mol. The van der Waals surface area contributed by atoms with Crippen LogP contribution >= 0.6 is 23.2 Å². The molecule has 4 aromatic rings. The normalized spacial score (nSPS) is 10.8. The summed E-state index contributed by atoms with van der Waals surface area (Å²) in [6, 6.07) is 4.02. The van der Waals surface area contributed by atoms with Crippen LogP contribution in [0.5, 0.6) is 0 Å². The van der Waals surface area contributed by atoms with Gasteiger partial charge in [0.25, 0.3) is 0 Å². The van der Waals surface area contributed by atoms with Gasteiger partial charge in [-0.15, -0.1) is 0 Å². The molecule has 4 aromatic heterocycles. The lowest BCUT2D eigenvalue weighted by atomic mass is 10.2. The summed E-state index contributed by atoms with van der Waals surface area (Å²) in [5.41, 5.74) is 11.3. The fourth-order valence-corrected chi connectivity index (χ4v) is 3.85. The Hall–Kier alpha value is -2.74. The molecule has 0 amide bonds. The zero-order valence-electron chi connectivity index (χ0n) is 21.3. The molecule has 36 heavy (non-hydrogen) atoms. The van der Waals surface area contributed by atoms with Crippen molar-refractivity contribution in [2.24, 2.45) is 5.73 Å². The van der Waals surface area contributed by atoms with Crippen molar-refractivity contribution in [1.29, 1.82) is 0 Å². The Morgan fingerprint density at radius 3 is 1.61 bits per heavy atom. The Balaban J connectivity index is 0.000000201. The lowest BCUT2D eigenvalue weighted by Gasteiger charge is -2.01. The SMILES string of the molecule is CCCCCn1cnc(-c2cnc(Cl)c(C)c2)c1.Cc1cc(-c2cn(CCCCN)cn2)cnc1Cl. The summed E-state index contributed by atoms with van der Waals surface area (Å²) < 4.78 is 4.21. The highest BCUT2D eigenvalue weighted by Crippen LogP contribution is 2.22. The topological polar surface area (TPSA) is 87.4 Å². The van der Waals surface area contributed by atoms with Crippen molar-refractivity contribution in [2.45, 2.75) is 66.0 Å². The van der Waals surface area contributed by atoms with E-state index in [2.05, 4.69) is 42.2 Å². The predicted octanol–water partition coefficient (Wildman–Crippen LogP) is 6.74. The standard InChI is InChI=1S/C14H18ClN3.C13H17ClN4/c1-3-4-5-6-18-9-13(17-10-18)12-7-11(2)14(15)16-8-12;1-10-6-11(7-16-13(10)14)12-8-18(9-17-12)5-3-2-4-15/h7-10H,3-6H2,1-2H3;6-9H,2-5,15H2,1H3. The number of nitrogens with two attached hydrogens (primary N) is 1. The van der Waals surface area contributed by atoms with Crippen molar-refractivity contribution in [3.63, 3.8) is 0 Å². The minimum atomic E-state index is 0.543. The van der Waals surface area contributed by atoms with Gasteiger partial charge >= 0.3 is 0 Å². The molecule has 0 aromatic carbocycles. The summed E-state index contributed by atoms with van der Waals surface area (Å²) in [6.07, 6.45) is 17.2. The van der Waals surface area contributed by atoms with Gasteiger partial charge in [0.15, 0.2) is 0 Å². The maximum absolute atomic E-state index is 5.92. The molecule has 0 saturated carbocycles. The van der Waals surface area contributed by atoms with E-state index in [-0.39, 0.29) is 0 Å². The molecule has 0 aliphatic heterocycles. The van der Waals surface area contributed by atoms with E-state index in [0.717, 1.165) is 66.1 Å². The third-order valence-electron chi connectivity index (χ3n) is 5.78. The monoisotopic (exact) mass is 527 g/mol. The van der Waals surface area contributed by atoms with Gasteiger partial charge in [-0.2, -0.15) is 0 Å². The number of halogens is 2. The highest BCUT2D eigenvalue weighted by atomic mass is 35.5. The van der Waals surface area contributed by atoms with Crippen LogP contribution in [-0.2, 0) is 13.1 Å². The molecule has 0 aliphatic carbocycles. The number of imidazole rings is 2. The molecule has 0 fully saturated rings. The van der Waals surface area contributed by atoms with Crippen molar-refractivity contribution in [2.75, 3.05) is 6.54 Å². The highest BCUT2D eigenvalue weighted by Gasteiger charge is 2.06. The molecule has 2 N–H and O–H groups in total. The Morgan fingerprint density at radius 1 is 0.722 bits per heavy atom. The molecule has 4 rings (SSSR count). The van der Waals surface area contributed by atoms with Gasteiger partial charge in [-0.25, -0.2) is 19.9 Å². The van der Waals surface area contributed by atoms with Crippen LogP contribution < -0.4 is 5.73 Å². The molecule has 0 radical (unpaired) electrons. The molecule has 192 valence electrons. The number of rotatable bonds is 10. The number of hydrogen-bond donors (Lipinski definition) is 1. The molecule has 9 heteroatoms. The smallest absolute Gasteiger partial charge is 0.131 e. The molecule has 0 unspecified atom stereocenters. The molecule has 0 bridgehead atoms. The van der Waals surface area contributed by atoms with Gasteiger partial charge in [-0.1, -0.05) is 43.0 Å². The predicted molar refractivity (Wildman–Crippen MR) is 148 cm³/mol. The first-order valence-corrected chi connectivity index (χ1v) is 13.2. The van der Waals surface area contributed by atoms with Crippen LogP contribution in [-0.4, -0.2) is 35.6 Å². The average Bonchev–Trinajstić information content (AvgIpc) is 3.54. The molecule has 4 heterocycles. The fraction of sp³-hybridized carbons (Fsp3) is 0.407. The van der Waals surface area contributed by atoms with E-state index in [1.165, 1.54) is 19.3 Å². The number of aromatic nitrogens is 6. The Morgan fingerprint density at radius 2 is 1.19 bits per heavy atom. The minimum Gasteiger partial charge on any atom is -0.337 e. The van der Waals surface area contributed by atoms with Crippen LogP contribution in [0.3, 0.4) is 0 Å². The first-order valence-electron chi connectivity index (χ1n) is 12.4. The summed E-state index contributed by atoms with van der Waals surface area (Å²) in [6.45, 7) is 8.82. The van der Waals surface area contributed by atoms with Gasteiger partial charge in [0.1, 0.15) is 10.3 Å². The summed E-state index contributed by atoms with van der Waals surface area (Å²) >= 11 is 11.8. The molecule has 0 aliphatic rings. The molecule has 0 saturated heterocycles. The van der Waals surface area contributed by atoms with Crippen LogP contribution in [0.15, 0.2) is 49.6 Å². The second-order valence-corrected chi connectivity index (χ2v) is 9.58. The van der Waals surface area contributed by atoms with E-state index in [4.69, 9.17) is 28.9 Å². The number of unbranched alkanes of at least 4 members (excludes halogenated alkanes) is 3. The number of pyridine rings is 2. The average molecular weight is 529 g/mol. The largest absolute Gasteiger partial charge is 0.337 e. The van der Waals surface area contributed by atoms with Crippen molar-refractivity contribution < 1.29 is 0 Å². The van der Waals surface area contributed by atoms with Crippen LogP contribution in [0.25, 0.3) is 22.5 Å². The summed E-state index contributed by atoms with van der Waals surface area (Å²) in [7, 11) is 0. The summed E-state index contributed by atoms with van der Waals surface area (Å²) in [5, 5.41) is 1.10. The highest BCUT2D eigenvalue weighted by molar-refractivity contribution is 6.30. The summed E-state index contributed by atoms with van der Waals surface area (Å²) in [5.74, 6) is 0. The molecule has 7 nitrogen and oxygen atoms in total. The van der Waals surface area contributed by atoms with Crippen molar-refractivity contribution in [3.05, 3.63) is 71.0 Å². The van der Waals surface area contributed by atoms with Crippen LogP contribution in [0.1, 0.15) is 50.2 Å². The van der Waals surface area contributed by atoms with Gasteiger partial charge in [-0.05, 0) is 62.9 Å². The van der Waals surface area contributed by atoms with E-state index in [0.29, 0.717) is 10.3 Å². The third kappa shape index (κ3) is 8.15. The lowest BCUT2D eigenvalue weighted by Crippen LogP contribution is -2.01. The van der Waals surface area contributed by atoms with Crippen molar-refractivity contribution in [3.8, 4) is 22.5 Å².